The highest BCUT2D eigenvalue weighted by atomic mass is 16.5. The first-order chi connectivity index (χ1) is 12.3. The SMILES string of the molecule is CC[C@@H](N)C(=O)N[C@H](C(=O)N[C@@H](Cc1ccccc1)C(=O)OC)C(C)C. The van der Waals surface area contributed by atoms with Gasteiger partial charge in [-0.05, 0) is 17.9 Å². The van der Waals surface area contributed by atoms with E-state index in [1.807, 2.05) is 44.2 Å². The average Bonchev–Trinajstić information content (AvgIpc) is 2.64. The minimum atomic E-state index is -0.840. The average molecular weight is 363 g/mol. The smallest absolute Gasteiger partial charge is 0.328 e. The van der Waals surface area contributed by atoms with Crippen molar-refractivity contribution in [2.45, 2.75) is 51.7 Å². The van der Waals surface area contributed by atoms with Gasteiger partial charge in [0.2, 0.25) is 11.8 Å². The number of ether oxygens (including phenoxy) is 1. The molecule has 0 unspecified atom stereocenters. The third-order valence-electron chi connectivity index (χ3n) is 4.11. The van der Waals surface area contributed by atoms with Gasteiger partial charge in [0.15, 0.2) is 0 Å². The van der Waals surface area contributed by atoms with Crippen LogP contribution in [0.2, 0.25) is 0 Å². The molecule has 0 aliphatic heterocycles. The van der Waals surface area contributed by atoms with E-state index in [0.29, 0.717) is 12.8 Å². The summed E-state index contributed by atoms with van der Waals surface area (Å²) in [5.74, 6) is -1.54. The number of benzene rings is 1. The molecule has 0 spiro atoms. The number of carbonyl (C=O) groups is 3. The maximum Gasteiger partial charge on any atom is 0.328 e. The molecule has 0 saturated heterocycles. The van der Waals surface area contributed by atoms with Gasteiger partial charge in [0.05, 0.1) is 13.2 Å². The van der Waals surface area contributed by atoms with Crippen LogP contribution in [0.3, 0.4) is 0 Å². The van der Waals surface area contributed by atoms with E-state index in [0.717, 1.165) is 5.56 Å². The fourth-order valence-corrected chi connectivity index (χ4v) is 2.43. The van der Waals surface area contributed by atoms with Crippen molar-refractivity contribution >= 4 is 17.8 Å². The molecule has 0 heterocycles. The molecule has 1 rings (SSSR count). The number of methoxy groups -OCH3 is 1. The zero-order chi connectivity index (χ0) is 19.7. The largest absolute Gasteiger partial charge is 0.467 e. The lowest BCUT2D eigenvalue weighted by Crippen LogP contribution is -2.56. The van der Waals surface area contributed by atoms with Crippen molar-refractivity contribution in [3.8, 4) is 0 Å². The fraction of sp³-hybridized carbons (Fsp3) is 0.526. The number of nitrogens with two attached hydrogens (primary N) is 1. The standard InChI is InChI=1S/C19H29N3O4/c1-5-14(20)17(23)22-16(12(2)3)18(24)21-15(19(25)26-4)11-13-9-7-6-8-10-13/h6-10,12,14-16H,5,11,20H2,1-4H3,(H,21,24)(H,22,23)/t14-,15+,16+/m1/s1. The van der Waals surface area contributed by atoms with E-state index >= 15 is 0 Å². The van der Waals surface area contributed by atoms with Crippen LogP contribution in [0.15, 0.2) is 30.3 Å². The van der Waals surface area contributed by atoms with Gasteiger partial charge in [-0.15, -0.1) is 0 Å². The van der Waals surface area contributed by atoms with Gasteiger partial charge in [0, 0.05) is 6.42 Å². The Hall–Kier alpha value is -2.41. The molecule has 0 aliphatic carbocycles. The number of amides is 2. The van der Waals surface area contributed by atoms with Gasteiger partial charge in [-0.1, -0.05) is 51.1 Å². The Labute approximate surface area is 154 Å². The van der Waals surface area contributed by atoms with Crippen LogP contribution in [-0.4, -0.2) is 43.0 Å². The van der Waals surface area contributed by atoms with Crippen LogP contribution in [0.1, 0.15) is 32.8 Å². The van der Waals surface area contributed by atoms with Crippen molar-refractivity contribution in [3.63, 3.8) is 0 Å². The van der Waals surface area contributed by atoms with Crippen molar-refractivity contribution in [2.24, 2.45) is 11.7 Å². The van der Waals surface area contributed by atoms with Gasteiger partial charge in [-0.25, -0.2) is 4.79 Å². The van der Waals surface area contributed by atoms with Crippen LogP contribution in [0, 0.1) is 5.92 Å². The summed E-state index contributed by atoms with van der Waals surface area (Å²) in [7, 11) is 1.27. The third kappa shape index (κ3) is 6.48. The number of esters is 1. The van der Waals surface area contributed by atoms with E-state index in [-0.39, 0.29) is 11.8 Å². The number of carbonyl (C=O) groups excluding carboxylic acids is 3. The lowest BCUT2D eigenvalue weighted by atomic mass is 10.0. The molecule has 3 atom stereocenters. The van der Waals surface area contributed by atoms with Crippen molar-refractivity contribution < 1.29 is 19.1 Å². The number of nitrogens with one attached hydrogen (secondary N) is 2. The molecule has 144 valence electrons. The van der Waals surface area contributed by atoms with Crippen LogP contribution in [0.4, 0.5) is 0 Å². The van der Waals surface area contributed by atoms with Crippen molar-refractivity contribution in [2.75, 3.05) is 7.11 Å². The predicted octanol–water partition coefficient (Wildman–Crippen LogP) is 0.765. The second-order valence-corrected chi connectivity index (χ2v) is 6.52. The number of hydrogen-bond acceptors (Lipinski definition) is 5. The maximum absolute atomic E-state index is 12.7. The van der Waals surface area contributed by atoms with Crippen molar-refractivity contribution in [1.29, 1.82) is 0 Å². The monoisotopic (exact) mass is 363 g/mol. The molecule has 0 bridgehead atoms. The third-order valence-corrected chi connectivity index (χ3v) is 4.11. The van der Waals surface area contributed by atoms with Crippen molar-refractivity contribution in [1.82, 2.24) is 10.6 Å². The van der Waals surface area contributed by atoms with E-state index in [9.17, 15) is 14.4 Å². The molecule has 1 aromatic rings. The molecule has 2 amide bonds. The van der Waals surface area contributed by atoms with Gasteiger partial charge >= 0.3 is 5.97 Å². The Morgan fingerprint density at radius 3 is 2.19 bits per heavy atom. The summed E-state index contributed by atoms with van der Waals surface area (Å²) in [4.78, 5) is 36.8. The molecule has 0 fully saturated rings. The van der Waals surface area contributed by atoms with Crippen molar-refractivity contribution in [3.05, 3.63) is 35.9 Å². The molecular formula is C19H29N3O4. The zero-order valence-corrected chi connectivity index (χ0v) is 15.8. The molecule has 4 N–H and O–H groups in total. The summed E-state index contributed by atoms with van der Waals surface area (Å²) >= 11 is 0. The van der Waals surface area contributed by atoms with E-state index in [1.54, 1.807) is 6.92 Å². The Kier molecular flexibility index (Phi) is 8.78. The highest BCUT2D eigenvalue weighted by Gasteiger charge is 2.30. The summed E-state index contributed by atoms with van der Waals surface area (Å²) < 4.78 is 4.80. The lowest BCUT2D eigenvalue weighted by Gasteiger charge is -2.25. The normalized spacial score (nSPS) is 14.2. The quantitative estimate of drug-likeness (QED) is 0.561. The molecule has 0 aromatic heterocycles. The fourth-order valence-electron chi connectivity index (χ4n) is 2.43. The molecule has 26 heavy (non-hydrogen) atoms. The van der Waals surface area contributed by atoms with E-state index < -0.39 is 30.0 Å². The van der Waals surface area contributed by atoms with Crippen LogP contribution >= 0.6 is 0 Å². The van der Waals surface area contributed by atoms with Crippen LogP contribution < -0.4 is 16.4 Å². The Morgan fingerprint density at radius 1 is 1.08 bits per heavy atom. The molecule has 7 nitrogen and oxygen atoms in total. The molecule has 0 radical (unpaired) electrons. The van der Waals surface area contributed by atoms with E-state index in [4.69, 9.17) is 10.5 Å². The predicted molar refractivity (Wildman–Crippen MR) is 99.1 cm³/mol. The van der Waals surface area contributed by atoms with E-state index in [1.165, 1.54) is 7.11 Å². The summed E-state index contributed by atoms with van der Waals surface area (Å²) in [6, 6.07) is 7.01. The first-order valence-electron chi connectivity index (χ1n) is 8.78. The highest BCUT2D eigenvalue weighted by molar-refractivity contribution is 5.92. The molecule has 7 heteroatoms. The van der Waals surface area contributed by atoms with Gasteiger partial charge in [0.25, 0.3) is 0 Å². The molecular weight excluding hydrogens is 334 g/mol. The Bertz CT molecular complexity index is 604. The van der Waals surface area contributed by atoms with Gasteiger partial charge < -0.3 is 21.1 Å². The van der Waals surface area contributed by atoms with Gasteiger partial charge in [0.1, 0.15) is 12.1 Å². The van der Waals surface area contributed by atoms with Gasteiger partial charge in [-0.3, -0.25) is 9.59 Å². The molecule has 0 saturated carbocycles. The summed E-state index contributed by atoms with van der Waals surface area (Å²) in [6.45, 7) is 5.42. The summed E-state index contributed by atoms with van der Waals surface area (Å²) in [5.41, 5.74) is 6.61. The second kappa shape index (κ2) is 10.6. The Morgan fingerprint density at radius 2 is 1.69 bits per heavy atom. The Balaban J connectivity index is 2.87. The topological polar surface area (TPSA) is 111 Å². The summed E-state index contributed by atoms with van der Waals surface area (Å²) in [5, 5.41) is 5.36. The minimum Gasteiger partial charge on any atom is -0.467 e. The molecule has 1 aromatic carbocycles. The van der Waals surface area contributed by atoms with E-state index in [2.05, 4.69) is 10.6 Å². The van der Waals surface area contributed by atoms with Crippen LogP contribution in [-0.2, 0) is 25.5 Å². The minimum absolute atomic E-state index is 0.168. The second-order valence-electron chi connectivity index (χ2n) is 6.52. The van der Waals surface area contributed by atoms with Gasteiger partial charge in [-0.2, -0.15) is 0 Å². The number of hydrogen-bond donors (Lipinski definition) is 3. The first kappa shape index (κ1) is 21.6. The maximum atomic E-state index is 12.7. The molecule has 0 aliphatic rings. The summed E-state index contributed by atoms with van der Waals surface area (Å²) in [6.07, 6.45) is 0.767. The van der Waals surface area contributed by atoms with Crippen LogP contribution in [0.25, 0.3) is 0 Å². The number of rotatable bonds is 9. The zero-order valence-electron chi connectivity index (χ0n) is 15.8. The first-order valence-corrected chi connectivity index (χ1v) is 8.78. The lowest BCUT2D eigenvalue weighted by molar-refractivity contribution is -0.145. The van der Waals surface area contributed by atoms with Crippen LogP contribution in [0.5, 0.6) is 0 Å². The highest BCUT2D eigenvalue weighted by Crippen LogP contribution is 2.08.